The van der Waals surface area contributed by atoms with E-state index in [1.807, 2.05) is 18.2 Å². The van der Waals surface area contributed by atoms with Crippen molar-refractivity contribution in [3.05, 3.63) is 82.1 Å². The van der Waals surface area contributed by atoms with E-state index >= 15 is 0 Å². The number of halogens is 2. The topological polar surface area (TPSA) is 165 Å². The normalized spacial score (nSPS) is 21.3. The number of likely N-dealkylation sites (tertiary alicyclic amines) is 1. The van der Waals surface area contributed by atoms with Crippen LogP contribution in [0.2, 0.25) is 0 Å². The standard InChI is InChI=1S/C47H58F2N10O5/c1-55(21-17-30-18-22-57(23-19-30)26-33-4-3-5-38-42(33)56(2)47(63)59(38)39-14-15-40(60)53-45(39)62)25-31-9-12-35(13-10-31)58-27-36(41(54-58)43(48)49)51-44(61)37-28-64-46(52-37)32-16-20-50-34(24-32)11-8-29-6-7-29/h3-5,16,20,24,27-31,35,39,43H,6-15,17-19,21-23,25-26H2,1-2H3,(H,51,61)(H,53,60,62). The number of para-hydroxylation sites is 1. The summed E-state index contributed by atoms with van der Waals surface area (Å²) < 4.78 is 38.8. The Hall–Kier alpha value is -5.55. The number of amides is 3. The number of anilines is 1. The maximum absolute atomic E-state index is 14.2. The zero-order chi connectivity index (χ0) is 44.5. The van der Waals surface area contributed by atoms with E-state index < -0.39 is 30.0 Å². The smallest absolute Gasteiger partial charge is 0.329 e. The van der Waals surface area contributed by atoms with Crippen LogP contribution in [0.3, 0.4) is 0 Å². The number of aryl methyl sites for hydroxylation is 2. The van der Waals surface area contributed by atoms with Crippen molar-refractivity contribution in [2.45, 2.75) is 109 Å². The van der Waals surface area contributed by atoms with Crippen LogP contribution in [0.5, 0.6) is 0 Å². The minimum atomic E-state index is -2.86. The van der Waals surface area contributed by atoms with Crippen LogP contribution in [0.15, 0.2) is 58.2 Å². The van der Waals surface area contributed by atoms with E-state index in [0.717, 1.165) is 119 Å². The number of benzene rings is 1. The minimum Gasteiger partial charge on any atom is -0.444 e. The number of imidazole rings is 1. The summed E-state index contributed by atoms with van der Waals surface area (Å²) in [4.78, 5) is 64.7. The molecule has 4 aliphatic rings. The van der Waals surface area contributed by atoms with Gasteiger partial charge < -0.3 is 14.6 Å². The van der Waals surface area contributed by atoms with Crippen LogP contribution in [0, 0.1) is 17.8 Å². The number of imide groups is 1. The lowest BCUT2D eigenvalue weighted by atomic mass is 9.85. The molecule has 0 radical (unpaired) electrons. The van der Waals surface area contributed by atoms with Gasteiger partial charge in [-0.3, -0.25) is 43.4 Å². The lowest BCUT2D eigenvalue weighted by molar-refractivity contribution is -0.135. The van der Waals surface area contributed by atoms with Crippen molar-refractivity contribution in [2.24, 2.45) is 24.8 Å². The minimum absolute atomic E-state index is 0.00381. The van der Waals surface area contributed by atoms with Gasteiger partial charge in [0.05, 0.1) is 22.8 Å². The lowest BCUT2D eigenvalue weighted by Gasteiger charge is -2.34. The van der Waals surface area contributed by atoms with E-state index in [2.05, 4.69) is 48.6 Å². The van der Waals surface area contributed by atoms with Gasteiger partial charge in [0.15, 0.2) is 11.4 Å². The van der Waals surface area contributed by atoms with Crippen molar-refractivity contribution in [1.82, 2.24) is 44.0 Å². The van der Waals surface area contributed by atoms with E-state index in [1.54, 1.807) is 33.1 Å². The molecular formula is C47H58F2N10O5. The fraction of sp³-hybridized carbons (Fsp3) is 0.553. The molecule has 4 aromatic heterocycles. The predicted molar refractivity (Wildman–Crippen MR) is 236 cm³/mol. The number of oxazole rings is 1. The first-order valence-corrected chi connectivity index (χ1v) is 23.0. The third-order valence-electron chi connectivity index (χ3n) is 14.0. The monoisotopic (exact) mass is 880 g/mol. The number of hydrogen-bond donors (Lipinski definition) is 2. The molecule has 2 saturated carbocycles. The summed E-state index contributed by atoms with van der Waals surface area (Å²) in [6.45, 7) is 4.65. The second-order valence-electron chi connectivity index (χ2n) is 18.6. The van der Waals surface area contributed by atoms with Crippen LogP contribution < -0.4 is 16.3 Å². The first-order chi connectivity index (χ1) is 31.0. The molecule has 2 aliphatic carbocycles. The number of aromatic nitrogens is 6. The number of rotatable bonds is 16. The Balaban J connectivity index is 0.721. The number of carbonyl (C=O) groups is 3. The molecule has 15 nitrogen and oxygen atoms in total. The molecule has 1 atom stereocenters. The van der Waals surface area contributed by atoms with Gasteiger partial charge >= 0.3 is 5.69 Å². The molecule has 64 heavy (non-hydrogen) atoms. The van der Waals surface area contributed by atoms with Gasteiger partial charge in [0, 0.05) is 50.2 Å². The Morgan fingerprint density at radius 3 is 2.50 bits per heavy atom. The van der Waals surface area contributed by atoms with Crippen LogP contribution in [0.1, 0.15) is 123 Å². The van der Waals surface area contributed by atoms with Crippen molar-refractivity contribution in [2.75, 3.05) is 38.5 Å². The number of hydrogen-bond acceptors (Lipinski definition) is 10. The first-order valence-electron chi connectivity index (χ1n) is 23.0. The molecule has 2 aliphatic heterocycles. The summed E-state index contributed by atoms with van der Waals surface area (Å²) in [5, 5.41) is 9.27. The van der Waals surface area contributed by atoms with Crippen molar-refractivity contribution in [3.63, 3.8) is 0 Å². The molecule has 17 heteroatoms. The van der Waals surface area contributed by atoms with Crippen LogP contribution in [0.4, 0.5) is 14.5 Å². The fourth-order valence-corrected chi connectivity index (χ4v) is 10.1. The predicted octanol–water partition coefficient (Wildman–Crippen LogP) is 7.06. The van der Waals surface area contributed by atoms with Crippen molar-refractivity contribution < 1.29 is 27.6 Å². The van der Waals surface area contributed by atoms with Crippen LogP contribution in [-0.4, -0.2) is 89.6 Å². The zero-order valence-electron chi connectivity index (χ0n) is 36.7. The van der Waals surface area contributed by atoms with Gasteiger partial charge in [0.25, 0.3) is 12.3 Å². The summed E-state index contributed by atoms with van der Waals surface area (Å²) >= 11 is 0. The van der Waals surface area contributed by atoms with Crippen molar-refractivity contribution in [1.29, 1.82) is 0 Å². The molecule has 0 bridgehead atoms. The largest absolute Gasteiger partial charge is 0.444 e. The van der Waals surface area contributed by atoms with E-state index in [4.69, 9.17) is 4.42 Å². The molecule has 2 N–H and O–H groups in total. The zero-order valence-corrected chi connectivity index (χ0v) is 36.7. The molecule has 340 valence electrons. The number of alkyl halides is 2. The molecule has 3 amide bonds. The number of pyridine rings is 1. The van der Waals surface area contributed by atoms with E-state index in [0.29, 0.717) is 23.8 Å². The average molecular weight is 881 g/mol. The van der Waals surface area contributed by atoms with Crippen LogP contribution in [0.25, 0.3) is 22.5 Å². The molecular weight excluding hydrogens is 823 g/mol. The lowest BCUT2D eigenvalue weighted by Crippen LogP contribution is -2.44. The molecule has 1 aromatic carbocycles. The molecule has 9 rings (SSSR count). The summed E-state index contributed by atoms with van der Waals surface area (Å²) in [7, 11) is 3.94. The number of piperidine rings is 2. The summed E-state index contributed by atoms with van der Waals surface area (Å²) in [6, 6.07) is 8.84. The van der Waals surface area contributed by atoms with Crippen LogP contribution >= 0.6 is 0 Å². The highest BCUT2D eigenvalue weighted by molar-refractivity contribution is 6.03. The number of fused-ring (bicyclic) bond motifs is 1. The number of carbonyl (C=O) groups excluding carboxylic acids is 3. The second-order valence-corrected chi connectivity index (χ2v) is 18.6. The van der Waals surface area contributed by atoms with E-state index in [-0.39, 0.29) is 41.3 Å². The summed E-state index contributed by atoms with van der Waals surface area (Å²) in [6.07, 6.45) is 13.6. The third kappa shape index (κ3) is 9.75. The quantitative estimate of drug-likeness (QED) is 0.0981. The average Bonchev–Trinajstić information content (AvgIpc) is 3.69. The highest BCUT2D eigenvalue weighted by atomic mass is 19.3. The Morgan fingerprint density at radius 2 is 1.75 bits per heavy atom. The summed E-state index contributed by atoms with van der Waals surface area (Å²) in [5.74, 6) is 0.820. The molecule has 4 fully saturated rings. The Morgan fingerprint density at radius 1 is 0.984 bits per heavy atom. The van der Waals surface area contributed by atoms with Gasteiger partial charge in [-0.15, -0.1) is 0 Å². The van der Waals surface area contributed by atoms with Crippen molar-refractivity contribution >= 4 is 34.4 Å². The van der Waals surface area contributed by atoms with Gasteiger partial charge in [-0.05, 0) is 132 Å². The second kappa shape index (κ2) is 18.9. The molecule has 5 aromatic rings. The molecule has 2 saturated heterocycles. The van der Waals surface area contributed by atoms with Crippen molar-refractivity contribution in [3.8, 4) is 11.5 Å². The Bertz CT molecular complexity index is 2540. The van der Waals surface area contributed by atoms with E-state index in [1.165, 1.54) is 25.3 Å². The molecule has 1 unspecified atom stereocenters. The van der Waals surface area contributed by atoms with Gasteiger partial charge in [-0.2, -0.15) is 5.10 Å². The highest BCUT2D eigenvalue weighted by Crippen LogP contribution is 2.36. The Kier molecular flexibility index (Phi) is 12.9. The molecule has 0 spiro atoms. The van der Waals surface area contributed by atoms with Gasteiger partial charge in [-0.1, -0.05) is 25.0 Å². The van der Waals surface area contributed by atoms with Gasteiger partial charge in [-0.25, -0.2) is 18.6 Å². The number of nitrogens with one attached hydrogen (secondary N) is 2. The molecule has 6 heterocycles. The summed E-state index contributed by atoms with van der Waals surface area (Å²) in [5.41, 5.74) is 3.53. The van der Waals surface area contributed by atoms with Gasteiger partial charge in [0.1, 0.15) is 12.3 Å². The Labute approximate surface area is 370 Å². The van der Waals surface area contributed by atoms with E-state index in [9.17, 15) is 28.0 Å². The SMILES string of the molecule is CN(CCC1CCN(Cc2cccc3c2n(C)c(=O)n3C2CCC(=O)NC2=O)CC1)CC1CCC(n2cc(NC(=O)c3coc(-c4ccnc(CCC5CC5)c4)n3)c(C(F)F)n2)CC1. The highest BCUT2D eigenvalue weighted by Gasteiger charge is 2.33. The fourth-order valence-electron chi connectivity index (χ4n) is 10.1. The van der Waals surface area contributed by atoms with Crippen LogP contribution in [-0.2, 0) is 29.6 Å². The first kappa shape index (κ1) is 43.7. The number of nitrogens with zero attached hydrogens (tertiary/aromatic N) is 8. The third-order valence-corrected chi connectivity index (χ3v) is 14.0. The maximum Gasteiger partial charge on any atom is 0.329 e. The maximum atomic E-state index is 14.2. The van der Waals surface area contributed by atoms with Gasteiger partial charge in [0.2, 0.25) is 17.7 Å².